The normalized spacial score (nSPS) is 48.7. The average Bonchev–Trinajstić information content (AvgIpc) is 2.82. The molecule has 3 fully saturated rings. The van der Waals surface area contributed by atoms with Gasteiger partial charge in [-0.1, -0.05) is 0 Å². The fraction of sp³-hybridized carbons (Fsp3) is 0.769. The van der Waals surface area contributed by atoms with E-state index in [0.717, 1.165) is 5.57 Å². The number of fused-ring (bicyclic) bond motifs is 2. The molecule has 0 unspecified atom stereocenters. The maximum Gasteiger partial charge on any atom is 0.166 e. The molecule has 3 aliphatic heterocycles. The second-order valence-corrected chi connectivity index (χ2v) is 5.82. The van der Waals surface area contributed by atoms with Crippen molar-refractivity contribution in [2.24, 2.45) is 11.8 Å². The zero-order valence-electron chi connectivity index (χ0n) is 10.4. The van der Waals surface area contributed by atoms with Gasteiger partial charge in [0.1, 0.15) is 12.2 Å². The van der Waals surface area contributed by atoms with Gasteiger partial charge in [-0.05, 0) is 25.5 Å². The summed E-state index contributed by atoms with van der Waals surface area (Å²) in [5.74, 6) is -0.610. The minimum atomic E-state index is -0.653. The first-order valence-corrected chi connectivity index (χ1v) is 6.38. The van der Waals surface area contributed by atoms with Gasteiger partial charge in [0, 0.05) is 5.92 Å². The largest absolute Gasteiger partial charge is 0.348 e. The van der Waals surface area contributed by atoms with E-state index < -0.39 is 5.79 Å². The molecule has 0 saturated carbocycles. The highest BCUT2D eigenvalue weighted by Gasteiger charge is 2.58. The minimum Gasteiger partial charge on any atom is -0.348 e. The number of carbonyl (C=O) groups excluding carboxylic acids is 1. The molecule has 0 amide bonds. The Labute approximate surface area is 105 Å². The predicted molar refractivity (Wildman–Crippen MR) is 59.6 cm³/mol. The Morgan fingerprint density at radius 3 is 3.00 bits per heavy atom. The molecular weight excluding hydrogens is 236 g/mol. The lowest BCUT2D eigenvalue weighted by Crippen LogP contribution is -2.60. The van der Waals surface area contributed by atoms with Crippen LogP contribution in [0, 0.1) is 11.8 Å². The van der Waals surface area contributed by atoms with E-state index in [2.05, 4.69) is 0 Å². The van der Waals surface area contributed by atoms with Crippen LogP contribution in [0.25, 0.3) is 0 Å². The number of carbonyl (C=O) groups is 1. The third-order valence-corrected chi connectivity index (χ3v) is 4.22. The number of ether oxygens (including phenoxy) is 4. The molecule has 1 aliphatic carbocycles. The first kappa shape index (κ1) is 11.1. The van der Waals surface area contributed by atoms with Gasteiger partial charge in [-0.15, -0.1) is 0 Å². The topological polar surface area (TPSA) is 54.0 Å². The molecule has 0 N–H and O–H groups in total. The molecule has 0 radical (unpaired) electrons. The van der Waals surface area contributed by atoms with E-state index in [0.29, 0.717) is 13.2 Å². The standard InChI is InChI=1S/C13H16O5/c1-13(2)16-5-8-11(18-13)10-7(14)3-6-4-15-12(17-8)9(6)10/h3,8-12H,4-5H2,1-2H3/t8-,9-,10+,11-,12+/m1/s1. The summed E-state index contributed by atoms with van der Waals surface area (Å²) in [7, 11) is 0. The maximum absolute atomic E-state index is 12.2. The summed E-state index contributed by atoms with van der Waals surface area (Å²) < 4.78 is 23.0. The first-order chi connectivity index (χ1) is 8.55. The molecule has 4 aliphatic rings. The molecule has 0 spiro atoms. The fourth-order valence-electron chi connectivity index (χ4n) is 3.45. The van der Waals surface area contributed by atoms with Crippen LogP contribution in [0.2, 0.25) is 0 Å². The summed E-state index contributed by atoms with van der Waals surface area (Å²) in [5.41, 5.74) is 1.06. The van der Waals surface area contributed by atoms with Crippen molar-refractivity contribution in [2.45, 2.75) is 38.1 Å². The lowest BCUT2D eigenvalue weighted by atomic mass is 9.81. The van der Waals surface area contributed by atoms with E-state index >= 15 is 0 Å². The third-order valence-electron chi connectivity index (χ3n) is 4.22. The highest BCUT2D eigenvalue weighted by Crippen LogP contribution is 2.48. The van der Waals surface area contributed by atoms with E-state index in [9.17, 15) is 4.79 Å². The summed E-state index contributed by atoms with van der Waals surface area (Å²) in [5, 5.41) is 0. The van der Waals surface area contributed by atoms with Crippen molar-refractivity contribution in [1.29, 1.82) is 0 Å². The molecule has 5 heteroatoms. The SMILES string of the molecule is CC1(C)OC[C@H]2O[C@@H]3OCC4=CC(=O)[C@H]([C@@H]2O1)[C@@H]43. The molecule has 5 nitrogen and oxygen atoms in total. The van der Waals surface area contributed by atoms with Crippen molar-refractivity contribution in [1.82, 2.24) is 0 Å². The Kier molecular flexibility index (Phi) is 2.11. The highest BCUT2D eigenvalue weighted by molar-refractivity contribution is 5.96. The molecule has 3 saturated heterocycles. The van der Waals surface area contributed by atoms with Crippen LogP contribution in [0.3, 0.4) is 0 Å². The molecule has 5 atom stereocenters. The molecule has 4 rings (SSSR count). The second kappa shape index (κ2) is 3.42. The summed E-state index contributed by atoms with van der Waals surface area (Å²) >= 11 is 0. The molecule has 98 valence electrons. The van der Waals surface area contributed by atoms with E-state index in [1.54, 1.807) is 6.08 Å². The quantitative estimate of drug-likeness (QED) is 0.633. The number of hydrogen-bond acceptors (Lipinski definition) is 5. The van der Waals surface area contributed by atoms with Gasteiger partial charge in [0.2, 0.25) is 0 Å². The minimum absolute atomic E-state index is 0.0487. The maximum atomic E-state index is 12.2. The fourth-order valence-corrected chi connectivity index (χ4v) is 3.45. The van der Waals surface area contributed by atoms with Crippen LogP contribution >= 0.6 is 0 Å². The average molecular weight is 252 g/mol. The van der Waals surface area contributed by atoms with Gasteiger partial charge in [-0.25, -0.2) is 0 Å². The van der Waals surface area contributed by atoms with Crippen LogP contribution in [0.5, 0.6) is 0 Å². The number of ketones is 1. The van der Waals surface area contributed by atoms with E-state index in [1.165, 1.54) is 0 Å². The Morgan fingerprint density at radius 1 is 1.33 bits per heavy atom. The van der Waals surface area contributed by atoms with Gasteiger partial charge in [0.05, 0.1) is 19.1 Å². The van der Waals surface area contributed by atoms with Crippen LogP contribution in [0.1, 0.15) is 13.8 Å². The number of rotatable bonds is 0. The Bertz CT molecular complexity index is 441. The second-order valence-electron chi connectivity index (χ2n) is 5.82. The van der Waals surface area contributed by atoms with Crippen molar-refractivity contribution in [3.05, 3.63) is 11.6 Å². The zero-order valence-corrected chi connectivity index (χ0v) is 10.4. The van der Waals surface area contributed by atoms with E-state index in [1.807, 2.05) is 13.8 Å². The molecule has 0 aromatic heterocycles. The van der Waals surface area contributed by atoms with E-state index in [4.69, 9.17) is 18.9 Å². The van der Waals surface area contributed by atoms with Crippen LogP contribution in [-0.4, -0.2) is 43.3 Å². The van der Waals surface area contributed by atoms with Crippen molar-refractivity contribution in [3.8, 4) is 0 Å². The Balaban J connectivity index is 1.70. The van der Waals surface area contributed by atoms with Crippen LogP contribution in [-0.2, 0) is 23.7 Å². The highest BCUT2D eigenvalue weighted by atomic mass is 16.8. The zero-order chi connectivity index (χ0) is 12.5. The third kappa shape index (κ3) is 1.39. The Morgan fingerprint density at radius 2 is 2.17 bits per heavy atom. The van der Waals surface area contributed by atoms with Gasteiger partial charge in [0.15, 0.2) is 17.9 Å². The smallest absolute Gasteiger partial charge is 0.166 e. The van der Waals surface area contributed by atoms with Gasteiger partial charge >= 0.3 is 0 Å². The summed E-state index contributed by atoms with van der Waals surface area (Å²) in [6.45, 7) is 4.69. The van der Waals surface area contributed by atoms with Crippen LogP contribution in [0.4, 0.5) is 0 Å². The van der Waals surface area contributed by atoms with Gasteiger partial charge in [-0.2, -0.15) is 0 Å². The molecular formula is C13H16O5. The summed E-state index contributed by atoms with van der Waals surface area (Å²) in [4.78, 5) is 12.2. The molecule has 0 bridgehead atoms. The van der Waals surface area contributed by atoms with Crippen molar-refractivity contribution < 1.29 is 23.7 Å². The molecule has 0 aromatic carbocycles. The molecule has 0 aromatic rings. The summed E-state index contributed by atoms with van der Waals surface area (Å²) in [6.07, 6.45) is 0.978. The summed E-state index contributed by atoms with van der Waals surface area (Å²) in [6, 6.07) is 0. The van der Waals surface area contributed by atoms with Crippen LogP contribution < -0.4 is 0 Å². The molecule has 3 heterocycles. The molecule has 18 heavy (non-hydrogen) atoms. The number of allylic oxidation sites excluding steroid dienone is 1. The van der Waals surface area contributed by atoms with Crippen molar-refractivity contribution in [2.75, 3.05) is 13.2 Å². The van der Waals surface area contributed by atoms with E-state index in [-0.39, 0.29) is 36.1 Å². The first-order valence-electron chi connectivity index (χ1n) is 6.38. The van der Waals surface area contributed by atoms with Gasteiger partial charge in [-0.3, -0.25) is 4.79 Å². The van der Waals surface area contributed by atoms with Crippen LogP contribution in [0.15, 0.2) is 11.6 Å². The lowest BCUT2D eigenvalue weighted by molar-refractivity contribution is -0.355. The monoisotopic (exact) mass is 252 g/mol. The Hall–Kier alpha value is -0.750. The lowest BCUT2D eigenvalue weighted by Gasteiger charge is -2.48. The van der Waals surface area contributed by atoms with Gasteiger partial charge in [0.25, 0.3) is 0 Å². The van der Waals surface area contributed by atoms with Crippen molar-refractivity contribution in [3.63, 3.8) is 0 Å². The van der Waals surface area contributed by atoms with Crippen molar-refractivity contribution >= 4 is 5.78 Å². The van der Waals surface area contributed by atoms with Gasteiger partial charge < -0.3 is 18.9 Å². The predicted octanol–water partition coefficient (Wildman–Crippen LogP) is 0.634. The number of hydrogen-bond donors (Lipinski definition) is 0.